The van der Waals surface area contributed by atoms with Gasteiger partial charge in [0.1, 0.15) is 11.9 Å². The number of hydrogen-bond acceptors (Lipinski definition) is 2. The summed E-state index contributed by atoms with van der Waals surface area (Å²) in [5.41, 5.74) is 0.623. The molecule has 0 bridgehead atoms. The smallest absolute Gasteiger partial charge is 0.165 e. The third-order valence-corrected chi connectivity index (χ3v) is 3.11. The second kappa shape index (κ2) is 6.01. The first kappa shape index (κ1) is 14.5. The van der Waals surface area contributed by atoms with Gasteiger partial charge < -0.3 is 9.84 Å². The fourth-order valence-electron chi connectivity index (χ4n) is 1.96. The Labute approximate surface area is 116 Å². The average molecular weight is 278 g/mol. The maximum atomic E-state index is 13.8. The number of benzene rings is 2. The van der Waals surface area contributed by atoms with Crippen LogP contribution in [-0.2, 0) is 0 Å². The molecular weight excluding hydrogens is 262 g/mol. The molecule has 0 saturated heterocycles. The number of aliphatic hydroxyl groups is 1. The fourth-order valence-corrected chi connectivity index (χ4v) is 1.96. The summed E-state index contributed by atoms with van der Waals surface area (Å²) >= 11 is 0. The van der Waals surface area contributed by atoms with Gasteiger partial charge in [0.05, 0.1) is 6.61 Å². The van der Waals surface area contributed by atoms with E-state index >= 15 is 0 Å². The minimum Gasteiger partial charge on any atom is -0.494 e. The Morgan fingerprint density at radius 3 is 2.30 bits per heavy atom. The average Bonchev–Trinajstić information content (AvgIpc) is 2.45. The lowest BCUT2D eigenvalue weighted by Crippen LogP contribution is -2.05. The molecule has 0 amide bonds. The lowest BCUT2D eigenvalue weighted by Gasteiger charge is -2.14. The molecule has 0 spiro atoms. The second-order valence-corrected chi connectivity index (χ2v) is 4.50. The van der Waals surface area contributed by atoms with E-state index in [9.17, 15) is 13.9 Å². The zero-order valence-corrected chi connectivity index (χ0v) is 11.4. The lowest BCUT2D eigenvalue weighted by molar-refractivity contribution is 0.213. The highest BCUT2D eigenvalue weighted by Gasteiger charge is 2.19. The Balaban J connectivity index is 2.31. The van der Waals surface area contributed by atoms with Crippen LogP contribution >= 0.6 is 0 Å². The molecule has 106 valence electrons. The van der Waals surface area contributed by atoms with Gasteiger partial charge in [-0.25, -0.2) is 8.78 Å². The van der Waals surface area contributed by atoms with Gasteiger partial charge in [0, 0.05) is 5.56 Å². The first-order valence-electron chi connectivity index (χ1n) is 6.40. The van der Waals surface area contributed by atoms with Gasteiger partial charge in [-0.15, -0.1) is 0 Å². The van der Waals surface area contributed by atoms with Crippen molar-refractivity contribution in [2.75, 3.05) is 6.61 Å². The van der Waals surface area contributed by atoms with Gasteiger partial charge in [-0.3, -0.25) is 0 Å². The Kier molecular flexibility index (Phi) is 4.35. The number of hydrogen-bond donors (Lipinski definition) is 1. The van der Waals surface area contributed by atoms with Gasteiger partial charge in [0.15, 0.2) is 11.6 Å². The van der Waals surface area contributed by atoms with E-state index in [2.05, 4.69) is 0 Å². The van der Waals surface area contributed by atoms with Crippen LogP contribution in [0.25, 0.3) is 0 Å². The third kappa shape index (κ3) is 2.80. The zero-order chi connectivity index (χ0) is 14.7. The van der Waals surface area contributed by atoms with E-state index in [-0.39, 0.29) is 11.1 Å². The van der Waals surface area contributed by atoms with E-state index in [1.165, 1.54) is 19.1 Å². The summed E-state index contributed by atoms with van der Waals surface area (Å²) < 4.78 is 32.7. The molecule has 1 unspecified atom stereocenters. The highest BCUT2D eigenvalue weighted by Crippen LogP contribution is 2.28. The van der Waals surface area contributed by atoms with Gasteiger partial charge in [0.2, 0.25) is 0 Å². The number of aryl methyl sites for hydroxylation is 1. The SMILES string of the molecule is CCOc1ccc(C(O)c2ccc(C)c(F)c2F)cc1. The van der Waals surface area contributed by atoms with Crippen LogP contribution in [0.3, 0.4) is 0 Å². The maximum absolute atomic E-state index is 13.8. The molecule has 0 heterocycles. The first-order chi connectivity index (χ1) is 9.54. The molecule has 0 saturated carbocycles. The Morgan fingerprint density at radius 2 is 1.70 bits per heavy atom. The largest absolute Gasteiger partial charge is 0.494 e. The number of halogens is 2. The molecule has 20 heavy (non-hydrogen) atoms. The van der Waals surface area contributed by atoms with E-state index in [4.69, 9.17) is 4.74 Å². The molecule has 2 nitrogen and oxygen atoms in total. The molecule has 2 aromatic carbocycles. The predicted molar refractivity (Wildman–Crippen MR) is 72.8 cm³/mol. The number of aliphatic hydroxyl groups excluding tert-OH is 1. The molecule has 0 fully saturated rings. The van der Waals surface area contributed by atoms with Crippen molar-refractivity contribution in [2.24, 2.45) is 0 Å². The number of rotatable bonds is 4. The van der Waals surface area contributed by atoms with E-state index in [0.29, 0.717) is 17.9 Å². The Hall–Kier alpha value is -1.94. The van der Waals surface area contributed by atoms with Crippen LogP contribution in [0.4, 0.5) is 8.78 Å². The zero-order valence-electron chi connectivity index (χ0n) is 11.4. The van der Waals surface area contributed by atoms with Crippen molar-refractivity contribution in [2.45, 2.75) is 20.0 Å². The van der Waals surface area contributed by atoms with Crippen LogP contribution in [0.1, 0.15) is 29.7 Å². The van der Waals surface area contributed by atoms with Crippen molar-refractivity contribution in [3.05, 3.63) is 64.7 Å². The lowest BCUT2D eigenvalue weighted by atomic mass is 9.99. The van der Waals surface area contributed by atoms with E-state index in [1.807, 2.05) is 6.92 Å². The molecule has 0 aliphatic heterocycles. The van der Waals surface area contributed by atoms with Gasteiger partial charge in [0.25, 0.3) is 0 Å². The van der Waals surface area contributed by atoms with Crippen molar-refractivity contribution in [1.29, 1.82) is 0 Å². The van der Waals surface area contributed by atoms with Crippen LogP contribution in [0.2, 0.25) is 0 Å². The van der Waals surface area contributed by atoms with Gasteiger partial charge in [-0.05, 0) is 37.1 Å². The summed E-state index contributed by atoms with van der Waals surface area (Å²) in [6.45, 7) is 3.89. The van der Waals surface area contributed by atoms with Crippen molar-refractivity contribution in [1.82, 2.24) is 0 Å². The molecule has 2 rings (SSSR count). The highest BCUT2D eigenvalue weighted by molar-refractivity contribution is 5.36. The molecule has 1 atom stereocenters. The van der Waals surface area contributed by atoms with Crippen LogP contribution in [0.15, 0.2) is 36.4 Å². The van der Waals surface area contributed by atoms with Gasteiger partial charge in [-0.1, -0.05) is 24.3 Å². The van der Waals surface area contributed by atoms with Crippen molar-refractivity contribution >= 4 is 0 Å². The van der Waals surface area contributed by atoms with E-state index < -0.39 is 17.7 Å². The summed E-state index contributed by atoms with van der Waals surface area (Å²) in [6, 6.07) is 9.48. The van der Waals surface area contributed by atoms with Crippen molar-refractivity contribution in [3.8, 4) is 5.75 Å². The summed E-state index contributed by atoms with van der Waals surface area (Å²) in [7, 11) is 0. The van der Waals surface area contributed by atoms with Crippen LogP contribution in [-0.4, -0.2) is 11.7 Å². The minimum absolute atomic E-state index is 0.0720. The Bertz CT molecular complexity index is 594. The van der Waals surface area contributed by atoms with E-state index in [1.54, 1.807) is 24.3 Å². The highest BCUT2D eigenvalue weighted by atomic mass is 19.2. The van der Waals surface area contributed by atoms with E-state index in [0.717, 1.165) is 0 Å². The summed E-state index contributed by atoms with van der Waals surface area (Å²) in [4.78, 5) is 0. The van der Waals surface area contributed by atoms with Crippen molar-refractivity contribution < 1.29 is 18.6 Å². The summed E-state index contributed by atoms with van der Waals surface area (Å²) in [5.74, 6) is -1.27. The topological polar surface area (TPSA) is 29.5 Å². The first-order valence-corrected chi connectivity index (χ1v) is 6.40. The minimum atomic E-state index is -1.21. The second-order valence-electron chi connectivity index (χ2n) is 4.50. The monoisotopic (exact) mass is 278 g/mol. The molecular formula is C16H16F2O2. The fraction of sp³-hybridized carbons (Fsp3) is 0.250. The van der Waals surface area contributed by atoms with Crippen LogP contribution in [0.5, 0.6) is 5.75 Å². The third-order valence-electron chi connectivity index (χ3n) is 3.11. The quantitative estimate of drug-likeness (QED) is 0.923. The predicted octanol–water partition coefficient (Wildman–Crippen LogP) is 3.75. The van der Waals surface area contributed by atoms with Gasteiger partial charge in [-0.2, -0.15) is 0 Å². The molecule has 0 aliphatic carbocycles. The van der Waals surface area contributed by atoms with Crippen LogP contribution in [0, 0.1) is 18.6 Å². The Morgan fingerprint density at radius 1 is 1.05 bits per heavy atom. The molecule has 4 heteroatoms. The van der Waals surface area contributed by atoms with Crippen molar-refractivity contribution in [3.63, 3.8) is 0 Å². The van der Waals surface area contributed by atoms with Gasteiger partial charge >= 0.3 is 0 Å². The number of ether oxygens (including phenoxy) is 1. The summed E-state index contributed by atoms with van der Waals surface area (Å²) in [6.07, 6.45) is -1.21. The summed E-state index contributed by atoms with van der Waals surface area (Å²) in [5, 5.41) is 10.2. The standard InChI is InChI=1S/C16H16F2O2/c1-3-20-12-7-5-11(6-8-12)16(19)13-9-4-10(2)14(17)15(13)18/h4-9,16,19H,3H2,1-2H3. The molecule has 0 aromatic heterocycles. The van der Waals surface area contributed by atoms with Crippen LogP contribution < -0.4 is 4.74 Å². The molecule has 2 aromatic rings. The molecule has 0 aliphatic rings. The maximum Gasteiger partial charge on any atom is 0.165 e. The molecule has 1 N–H and O–H groups in total. The molecule has 0 radical (unpaired) electrons. The normalized spacial score (nSPS) is 12.2.